The quantitative estimate of drug-likeness (QED) is 0.794. The summed E-state index contributed by atoms with van der Waals surface area (Å²) in [7, 11) is 0. The molecule has 24 heavy (non-hydrogen) atoms. The number of nitrogens with zero attached hydrogens (tertiary/aromatic N) is 3. The van der Waals surface area contributed by atoms with Crippen molar-refractivity contribution in [2.24, 2.45) is 0 Å². The first-order valence-electron chi connectivity index (χ1n) is 7.55. The number of halogens is 1. The second-order valence-electron chi connectivity index (χ2n) is 5.66. The Morgan fingerprint density at radius 3 is 2.67 bits per heavy atom. The maximum atomic E-state index is 12.9. The Hall–Kier alpha value is -2.96. The van der Waals surface area contributed by atoms with Gasteiger partial charge in [0.1, 0.15) is 12.4 Å². The molecule has 0 unspecified atom stereocenters. The van der Waals surface area contributed by atoms with E-state index in [4.69, 9.17) is 0 Å². The Kier molecular flexibility index (Phi) is 4.16. The van der Waals surface area contributed by atoms with E-state index in [2.05, 4.69) is 10.4 Å². The van der Waals surface area contributed by atoms with Crippen LogP contribution in [0.25, 0.3) is 5.52 Å². The zero-order chi connectivity index (χ0) is 17.3. The highest BCUT2D eigenvalue weighted by Gasteiger charge is 2.13. The fourth-order valence-electron chi connectivity index (χ4n) is 2.58. The lowest BCUT2D eigenvalue weighted by atomic mass is 10.1. The van der Waals surface area contributed by atoms with Gasteiger partial charge in [-0.15, -0.1) is 0 Å². The second-order valence-corrected chi connectivity index (χ2v) is 5.66. The van der Waals surface area contributed by atoms with E-state index in [0.717, 1.165) is 15.9 Å². The van der Waals surface area contributed by atoms with E-state index < -0.39 is 0 Å². The molecule has 2 aromatic heterocycles. The molecule has 6 nitrogen and oxygen atoms in total. The molecular formula is C17H17FN4O2. The number of carbonyl (C=O) groups excluding carboxylic acids is 1. The number of aromatic nitrogens is 3. The van der Waals surface area contributed by atoms with Crippen LogP contribution in [0.4, 0.5) is 4.39 Å². The number of nitrogens with one attached hydrogen (secondary N) is 1. The van der Waals surface area contributed by atoms with Crippen molar-refractivity contribution >= 4 is 11.4 Å². The Morgan fingerprint density at radius 2 is 1.96 bits per heavy atom. The monoisotopic (exact) mass is 328 g/mol. The van der Waals surface area contributed by atoms with Gasteiger partial charge in [0, 0.05) is 5.69 Å². The van der Waals surface area contributed by atoms with Gasteiger partial charge in [-0.1, -0.05) is 12.1 Å². The summed E-state index contributed by atoms with van der Waals surface area (Å²) in [6.45, 7) is 3.42. The van der Waals surface area contributed by atoms with E-state index in [0.29, 0.717) is 5.52 Å². The summed E-state index contributed by atoms with van der Waals surface area (Å²) in [5.41, 5.74) is 1.89. The molecule has 0 saturated heterocycles. The smallest absolute Gasteiger partial charge is 0.348 e. The van der Waals surface area contributed by atoms with Crippen molar-refractivity contribution in [1.82, 2.24) is 19.5 Å². The summed E-state index contributed by atoms with van der Waals surface area (Å²) in [6, 6.07) is 9.22. The van der Waals surface area contributed by atoms with E-state index in [1.807, 2.05) is 13.0 Å². The van der Waals surface area contributed by atoms with Crippen LogP contribution in [0.2, 0.25) is 0 Å². The number of amides is 1. The van der Waals surface area contributed by atoms with Gasteiger partial charge in [-0.05, 0) is 43.7 Å². The Balaban J connectivity index is 1.75. The zero-order valence-electron chi connectivity index (χ0n) is 13.4. The van der Waals surface area contributed by atoms with Gasteiger partial charge in [0.25, 0.3) is 0 Å². The van der Waals surface area contributed by atoms with Gasteiger partial charge < -0.3 is 5.32 Å². The number of hydrogen-bond donors (Lipinski definition) is 1. The number of aryl methyl sites for hydroxylation is 1. The molecule has 0 aliphatic heterocycles. The van der Waals surface area contributed by atoms with E-state index in [9.17, 15) is 14.0 Å². The van der Waals surface area contributed by atoms with Gasteiger partial charge in [-0.2, -0.15) is 5.10 Å². The molecule has 1 aromatic carbocycles. The second kappa shape index (κ2) is 6.27. The van der Waals surface area contributed by atoms with Crippen molar-refractivity contribution in [1.29, 1.82) is 0 Å². The van der Waals surface area contributed by atoms with E-state index >= 15 is 0 Å². The van der Waals surface area contributed by atoms with Crippen molar-refractivity contribution in [3.63, 3.8) is 0 Å². The van der Waals surface area contributed by atoms with E-state index in [1.165, 1.54) is 16.5 Å². The highest BCUT2D eigenvalue weighted by Crippen LogP contribution is 2.12. The fraction of sp³-hybridized carbons (Fsp3) is 0.235. The number of carbonyl (C=O) groups is 1. The molecule has 0 aliphatic carbocycles. The molecule has 0 saturated carbocycles. The molecule has 2 heterocycles. The van der Waals surface area contributed by atoms with Crippen molar-refractivity contribution in [2.45, 2.75) is 26.4 Å². The normalized spacial score (nSPS) is 12.3. The summed E-state index contributed by atoms with van der Waals surface area (Å²) < 4.78 is 15.6. The molecule has 3 aromatic rings. The average molecular weight is 328 g/mol. The Bertz CT molecular complexity index is 943. The molecule has 124 valence electrons. The topological polar surface area (TPSA) is 68.4 Å². The van der Waals surface area contributed by atoms with Gasteiger partial charge in [0.15, 0.2) is 0 Å². The summed E-state index contributed by atoms with van der Waals surface area (Å²) in [6.07, 6.45) is 1.55. The predicted molar refractivity (Wildman–Crippen MR) is 87.1 cm³/mol. The average Bonchev–Trinajstić information content (AvgIpc) is 2.92. The molecule has 0 bridgehead atoms. The van der Waals surface area contributed by atoms with Crippen molar-refractivity contribution in [2.75, 3.05) is 0 Å². The highest BCUT2D eigenvalue weighted by atomic mass is 19.1. The van der Waals surface area contributed by atoms with Crippen LogP contribution in [0.1, 0.15) is 24.2 Å². The lowest BCUT2D eigenvalue weighted by Crippen LogP contribution is -2.37. The number of hydrogen-bond acceptors (Lipinski definition) is 3. The summed E-state index contributed by atoms with van der Waals surface area (Å²) in [5, 5.41) is 6.80. The van der Waals surface area contributed by atoms with Crippen molar-refractivity contribution in [3.05, 3.63) is 70.2 Å². The van der Waals surface area contributed by atoms with Crippen LogP contribution in [-0.4, -0.2) is 20.1 Å². The minimum atomic E-state index is -0.361. The lowest BCUT2D eigenvalue weighted by Gasteiger charge is -2.14. The van der Waals surface area contributed by atoms with Crippen LogP contribution >= 0.6 is 0 Å². The Morgan fingerprint density at radius 1 is 1.25 bits per heavy atom. The van der Waals surface area contributed by atoms with E-state index in [1.54, 1.807) is 31.3 Å². The van der Waals surface area contributed by atoms with Crippen LogP contribution in [-0.2, 0) is 11.3 Å². The van der Waals surface area contributed by atoms with Crippen molar-refractivity contribution in [3.8, 4) is 0 Å². The molecule has 0 aliphatic rings. The highest BCUT2D eigenvalue weighted by molar-refractivity contribution is 5.76. The SMILES string of the molecule is Cc1ccc2cnn(CC(=O)N[C@@H](C)c3ccc(F)cc3)c(=O)n12. The first-order chi connectivity index (χ1) is 11.5. The molecule has 7 heteroatoms. The van der Waals surface area contributed by atoms with E-state index in [-0.39, 0.29) is 30.0 Å². The van der Waals surface area contributed by atoms with Crippen LogP contribution in [0, 0.1) is 12.7 Å². The maximum Gasteiger partial charge on any atom is 0.349 e. The molecule has 1 N–H and O–H groups in total. The maximum absolute atomic E-state index is 12.9. The van der Waals surface area contributed by atoms with Gasteiger partial charge in [0.2, 0.25) is 5.91 Å². The molecule has 0 fully saturated rings. The predicted octanol–water partition coefficient (Wildman–Crippen LogP) is 1.82. The Labute approximate surface area is 137 Å². The minimum absolute atomic E-state index is 0.183. The van der Waals surface area contributed by atoms with Gasteiger partial charge in [0.05, 0.1) is 17.8 Å². The number of benzene rings is 1. The van der Waals surface area contributed by atoms with Gasteiger partial charge >= 0.3 is 5.69 Å². The number of fused-ring (bicyclic) bond motifs is 1. The lowest BCUT2D eigenvalue weighted by molar-refractivity contribution is -0.122. The zero-order valence-corrected chi connectivity index (χ0v) is 13.4. The fourth-order valence-corrected chi connectivity index (χ4v) is 2.58. The van der Waals surface area contributed by atoms with Crippen molar-refractivity contribution < 1.29 is 9.18 Å². The molecule has 0 radical (unpaired) electrons. The van der Waals surface area contributed by atoms with Gasteiger partial charge in [-0.25, -0.2) is 13.9 Å². The molecule has 1 amide bonds. The third-order valence-electron chi connectivity index (χ3n) is 3.89. The standard InChI is InChI=1S/C17H17FN4O2/c1-11-3-8-15-9-19-21(17(24)22(11)15)10-16(23)20-12(2)13-4-6-14(18)7-5-13/h3-9,12H,10H2,1-2H3,(H,20,23)/t12-/m0/s1. The molecular weight excluding hydrogens is 311 g/mol. The minimum Gasteiger partial charge on any atom is -0.348 e. The first kappa shape index (κ1) is 15.9. The first-order valence-corrected chi connectivity index (χ1v) is 7.55. The summed E-state index contributed by atoms with van der Waals surface area (Å²) in [4.78, 5) is 24.6. The molecule has 3 rings (SSSR count). The summed E-state index contributed by atoms with van der Waals surface area (Å²) >= 11 is 0. The molecule has 0 spiro atoms. The number of rotatable bonds is 4. The van der Waals surface area contributed by atoms with Crippen LogP contribution in [0.5, 0.6) is 0 Å². The van der Waals surface area contributed by atoms with Crippen LogP contribution < -0.4 is 11.0 Å². The third kappa shape index (κ3) is 3.05. The summed E-state index contributed by atoms with van der Waals surface area (Å²) in [5.74, 6) is -0.672. The third-order valence-corrected chi connectivity index (χ3v) is 3.89. The largest absolute Gasteiger partial charge is 0.349 e. The van der Waals surface area contributed by atoms with Gasteiger partial charge in [-0.3, -0.25) is 9.20 Å². The van der Waals surface area contributed by atoms with Crippen LogP contribution in [0.15, 0.2) is 47.4 Å². The van der Waals surface area contributed by atoms with Crippen LogP contribution in [0.3, 0.4) is 0 Å². The molecule has 1 atom stereocenters.